The normalized spacial score (nSPS) is 15.5. The molecule has 1 aliphatic rings. The molecular formula is C21H22N4OS. The number of nitrogens with zero attached hydrogens (tertiary/aromatic N) is 4. The van der Waals surface area contributed by atoms with Crippen LogP contribution in [0.3, 0.4) is 0 Å². The third-order valence-corrected chi connectivity index (χ3v) is 5.66. The minimum atomic E-state index is 0.0960. The maximum absolute atomic E-state index is 13.0. The van der Waals surface area contributed by atoms with Crippen LogP contribution in [0.5, 0.6) is 0 Å². The van der Waals surface area contributed by atoms with Gasteiger partial charge >= 0.3 is 0 Å². The van der Waals surface area contributed by atoms with E-state index in [-0.39, 0.29) is 5.91 Å². The summed E-state index contributed by atoms with van der Waals surface area (Å²) in [6.45, 7) is 4.48. The summed E-state index contributed by atoms with van der Waals surface area (Å²) in [5.41, 5.74) is 2.41. The topological polar surface area (TPSA) is 49.3 Å². The first kappa shape index (κ1) is 17.8. The maximum atomic E-state index is 13.0. The number of aromatic nitrogens is 2. The second-order valence-electron chi connectivity index (χ2n) is 6.67. The third kappa shape index (κ3) is 4.40. The molecule has 1 saturated heterocycles. The van der Waals surface area contributed by atoms with E-state index in [4.69, 9.17) is 0 Å². The van der Waals surface area contributed by atoms with Crippen molar-refractivity contribution in [1.29, 1.82) is 0 Å². The number of carbonyl (C=O) groups is 1. The zero-order valence-electron chi connectivity index (χ0n) is 15.1. The Morgan fingerprint density at radius 1 is 1.07 bits per heavy atom. The summed E-state index contributed by atoms with van der Waals surface area (Å²) in [5.74, 6) is 0.0960. The van der Waals surface area contributed by atoms with Gasteiger partial charge in [0.25, 0.3) is 5.91 Å². The van der Waals surface area contributed by atoms with Gasteiger partial charge in [0, 0.05) is 61.1 Å². The molecule has 3 heterocycles. The highest BCUT2D eigenvalue weighted by molar-refractivity contribution is 7.09. The predicted octanol–water partition coefficient (Wildman–Crippen LogP) is 3.55. The molecule has 0 saturated carbocycles. The summed E-state index contributed by atoms with van der Waals surface area (Å²) in [6.07, 6.45) is 6.04. The Hall–Kier alpha value is -2.57. The largest absolute Gasteiger partial charge is 0.337 e. The molecule has 0 radical (unpaired) electrons. The van der Waals surface area contributed by atoms with E-state index < -0.39 is 0 Å². The fraction of sp³-hybridized carbons (Fsp3) is 0.286. The minimum absolute atomic E-state index is 0.0960. The lowest BCUT2D eigenvalue weighted by Gasteiger charge is -2.22. The first-order valence-electron chi connectivity index (χ1n) is 9.20. The lowest BCUT2D eigenvalue weighted by molar-refractivity contribution is 0.0761. The van der Waals surface area contributed by atoms with Crippen LogP contribution in [0.4, 0.5) is 0 Å². The molecule has 0 atom stereocenters. The van der Waals surface area contributed by atoms with Crippen LogP contribution in [0, 0.1) is 0 Å². The van der Waals surface area contributed by atoms with Gasteiger partial charge in [-0.3, -0.25) is 19.7 Å². The van der Waals surface area contributed by atoms with Crippen molar-refractivity contribution in [2.75, 3.05) is 26.2 Å². The highest BCUT2D eigenvalue weighted by Crippen LogP contribution is 2.19. The first-order chi connectivity index (χ1) is 13.3. The Bertz CT molecular complexity index is 882. The van der Waals surface area contributed by atoms with E-state index in [0.717, 1.165) is 50.4 Å². The Morgan fingerprint density at radius 2 is 2.04 bits per heavy atom. The van der Waals surface area contributed by atoms with Crippen LogP contribution >= 0.6 is 11.3 Å². The molecule has 0 spiro atoms. The van der Waals surface area contributed by atoms with Gasteiger partial charge in [-0.05, 0) is 30.0 Å². The van der Waals surface area contributed by atoms with Crippen LogP contribution in [0.15, 0.2) is 60.4 Å². The van der Waals surface area contributed by atoms with Gasteiger partial charge in [0.1, 0.15) is 0 Å². The average Bonchev–Trinajstić information content (AvgIpc) is 3.12. The van der Waals surface area contributed by atoms with Crippen molar-refractivity contribution in [3.8, 4) is 11.3 Å². The summed E-state index contributed by atoms with van der Waals surface area (Å²) in [7, 11) is 0. The van der Waals surface area contributed by atoms with Crippen molar-refractivity contribution in [3.63, 3.8) is 0 Å². The molecule has 5 nitrogen and oxygen atoms in total. The Balaban J connectivity index is 1.43. The molecule has 3 aromatic rings. The second-order valence-corrected chi connectivity index (χ2v) is 7.70. The number of carbonyl (C=O) groups excluding carboxylic acids is 1. The van der Waals surface area contributed by atoms with E-state index >= 15 is 0 Å². The van der Waals surface area contributed by atoms with E-state index in [1.54, 1.807) is 29.9 Å². The standard InChI is InChI=1S/C21H22N4OS/c26-21(18-5-1-4-17(14-18)20-15-22-7-8-23-20)25-10-3-9-24(11-12-25)16-19-6-2-13-27-19/h1-2,4-8,13-15H,3,9-12,16H2. The molecule has 1 fully saturated rings. The molecule has 4 rings (SSSR count). The molecule has 0 aliphatic carbocycles. The lowest BCUT2D eigenvalue weighted by Crippen LogP contribution is -2.35. The molecule has 2 aromatic heterocycles. The van der Waals surface area contributed by atoms with Crippen molar-refractivity contribution in [2.24, 2.45) is 0 Å². The molecule has 0 bridgehead atoms. The molecule has 6 heteroatoms. The number of hydrogen-bond donors (Lipinski definition) is 0. The van der Waals surface area contributed by atoms with Crippen molar-refractivity contribution in [1.82, 2.24) is 19.8 Å². The molecular weight excluding hydrogens is 356 g/mol. The summed E-state index contributed by atoms with van der Waals surface area (Å²) < 4.78 is 0. The van der Waals surface area contributed by atoms with Crippen molar-refractivity contribution in [3.05, 3.63) is 70.8 Å². The van der Waals surface area contributed by atoms with E-state index in [1.807, 2.05) is 29.2 Å². The first-order valence-corrected chi connectivity index (χ1v) is 10.1. The number of hydrogen-bond acceptors (Lipinski definition) is 5. The van der Waals surface area contributed by atoms with Gasteiger partial charge in [0.05, 0.1) is 11.9 Å². The lowest BCUT2D eigenvalue weighted by atomic mass is 10.1. The van der Waals surface area contributed by atoms with Gasteiger partial charge in [-0.15, -0.1) is 11.3 Å². The Labute approximate surface area is 163 Å². The predicted molar refractivity (Wildman–Crippen MR) is 108 cm³/mol. The number of amides is 1. The second kappa shape index (κ2) is 8.41. The number of thiophene rings is 1. The van der Waals surface area contributed by atoms with Crippen LogP contribution < -0.4 is 0 Å². The van der Waals surface area contributed by atoms with Crippen LogP contribution in [-0.4, -0.2) is 51.9 Å². The van der Waals surface area contributed by atoms with E-state index in [0.29, 0.717) is 5.56 Å². The van der Waals surface area contributed by atoms with Gasteiger partial charge in [-0.25, -0.2) is 0 Å². The molecule has 0 unspecified atom stereocenters. The third-order valence-electron chi connectivity index (χ3n) is 4.80. The van der Waals surface area contributed by atoms with Crippen molar-refractivity contribution >= 4 is 17.2 Å². The fourth-order valence-electron chi connectivity index (χ4n) is 3.40. The van der Waals surface area contributed by atoms with E-state index in [1.165, 1.54) is 4.88 Å². The van der Waals surface area contributed by atoms with Crippen molar-refractivity contribution < 1.29 is 4.79 Å². The smallest absolute Gasteiger partial charge is 0.253 e. The monoisotopic (exact) mass is 378 g/mol. The van der Waals surface area contributed by atoms with Gasteiger partial charge in [0.2, 0.25) is 0 Å². The quantitative estimate of drug-likeness (QED) is 0.697. The Kier molecular flexibility index (Phi) is 5.55. The Morgan fingerprint density at radius 3 is 2.85 bits per heavy atom. The molecule has 138 valence electrons. The zero-order valence-corrected chi connectivity index (χ0v) is 15.9. The van der Waals surface area contributed by atoms with E-state index in [2.05, 4.69) is 32.4 Å². The molecule has 1 aliphatic heterocycles. The minimum Gasteiger partial charge on any atom is -0.337 e. The summed E-state index contributed by atoms with van der Waals surface area (Å²) >= 11 is 1.79. The summed E-state index contributed by atoms with van der Waals surface area (Å²) in [5, 5.41) is 2.12. The highest BCUT2D eigenvalue weighted by Gasteiger charge is 2.21. The van der Waals surface area contributed by atoms with Crippen LogP contribution in [0.25, 0.3) is 11.3 Å². The van der Waals surface area contributed by atoms with Crippen LogP contribution in [0.1, 0.15) is 21.7 Å². The van der Waals surface area contributed by atoms with Crippen LogP contribution in [0.2, 0.25) is 0 Å². The van der Waals surface area contributed by atoms with E-state index in [9.17, 15) is 4.79 Å². The summed E-state index contributed by atoms with van der Waals surface area (Å²) in [4.78, 5) is 27.3. The molecule has 1 amide bonds. The summed E-state index contributed by atoms with van der Waals surface area (Å²) in [6, 6.07) is 12.0. The van der Waals surface area contributed by atoms with Crippen molar-refractivity contribution in [2.45, 2.75) is 13.0 Å². The van der Waals surface area contributed by atoms with Gasteiger partial charge in [0.15, 0.2) is 0 Å². The highest BCUT2D eigenvalue weighted by atomic mass is 32.1. The molecule has 27 heavy (non-hydrogen) atoms. The van der Waals surface area contributed by atoms with Gasteiger partial charge < -0.3 is 4.90 Å². The van der Waals surface area contributed by atoms with Gasteiger partial charge in [-0.1, -0.05) is 18.2 Å². The maximum Gasteiger partial charge on any atom is 0.253 e. The SMILES string of the molecule is O=C(c1cccc(-c2cnccn2)c1)N1CCCN(Cc2cccs2)CC1. The van der Waals surface area contributed by atoms with Gasteiger partial charge in [-0.2, -0.15) is 0 Å². The number of rotatable bonds is 4. The molecule has 1 aromatic carbocycles. The zero-order chi connectivity index (χ0) is 18.5. The average molecular weight is 379 g/mol. The van der Waals surface area contributed by atoms with Crippen LogP contribution in [-0.2, 0) is 6.54 Å². The number of benzene rings is 1. The fourth-order valence-corrected chi connectivity index (χ4v) is 4.14. The molecule has 0 N–H and O–H groups in total.